The first kappa shape index (κ1) is 16.1. The molecule has 0 unspecified atom stereocenters. The van der Waals surface area contributed by atoms with Crippen LogP contribution in [0.1, 0.15) is 31.9 Å². The maximum absolute atomic E-state index is 6.03. The van der Waals surface area contributed by atoms with E-state index >= 15 is 0 Å². The van der Waals surface area contributed by atoms with Gasteiger partial charge in [0, 0.05) is 19.3 Å². The van der Waals surface area contributed by atoms with Crippen LogP contribution in [0, 0.1) is 0 Å². The van der Waals surface area contributed by atoms with Gasteiger partial charge in [-0.15, -0.1) is 0 Å². The van der Waals surface area contributed by atoms with Crippen LogP contribution in [-0.4, -0.2) is 22.0 Å². The van der Waals surface area contributed by atoms with Gasteiger partial charge in [0.1, 0.15) is 0 Å². The van der Waals surface area contributed by atoms with Crippen LogP contribution >= 0.6 is 0 Å². The van der Waals surface area contributed by atoms with Gasteiger partial charge in [-0.3, -0.25) is 0 Å². The van der Waals surface area contributed by atoms with Crippen LogP contribution in [0.25, 0.3) is 6.08 Å². The molecule has 1 aromatic rings. The van der Waals surface area contributed by atoms with Crippen LogP contribution in [-0.2, 0) is 19.9 Å². The monoisotopic (exact) mass is 280 g/mol. The molecule has 0 fully saturated rings. The van der Waals surface area contributed by atoms with E-state index in [-0.39, 0.29) is 0 Å². The Kier molecular flexibility index (Phi) is 7.01. The molecule has 19 heavy (non-hydrogen) atoms. The average Bonchev–Trinajstić information content (AvgIpc) is 2.45. The van der Waals surface area contributed by atoms with Gasteiger partial charge in [0.2, 0.25) is 0 Å². The molecule has 0 heterocycles. The van der Waals surface area contributed by atoms with E-state index in [2.05, 4.69) is 13.5 Å². The van der Waals surface area contributed by atoms with E-state index in [1.54, 1.807) is 0 Å². The summed E-state index contributed by atoms with van der Waals surface area (Å²) in [5.74, 6) is 0. The van der Waals surface area contributed by atoms with Crippen molar-refractivity contribution in [1.29, 1.82) is 0 Å². The Hall–Kier alpha value is -0.943. The van der Waals surface area contributed by atoms with Crippen LogP contribution in [0.15, 0.2) is 30.8 Å². The standard InChI is InChI=1S/C15H24O3Si/c1-5-14-11-9-10-12-15(14)13-18-19(8-4,16-6-2)17-7-3/h5,9-12H,1,6-8,13H2,2-4H3. The zero-order chi connectivity index (χ0) is 14.1. The van der Waals surface area contributed by atoms with Gasteiger partial charge in [-0.2, -0.15) is 0 Å². The molecule has 1 rings (SSSR count). The van der Waals surface area contributed by atoms with Crippen LogP contribution in [0.4, 0.5) is 0 Å². The Morgan fingerprint density at radius 2 is 1.68 bits per heavy atom. The number of hydrogen-bond acceptors (Lipinski definition) is 3. The summed E-state index contributed by atoms with van der Waals surface area (Å²) >= 11 is 0. The number of hydrogen-bond donors (Lipinski definition) is 0. The largest absolute Gasteiger partial charge is 0.500 e. The summed E-state index contributed by atoms with van der Waals surface area (Å²) in [6, 6.07) is 8.86. The summed E-state index contributed by atoms with van der Waals surface area (Å²) in [5.41, 5.74) is 2.21. The summed E-state index contributed by atoms with van der Waals surface area (Å²) in [7, 11) is -2.52. The molecule has 0 saturated carbocycles. The van der Waals surface area contributed by atoms with Gasteiger partial charge in [-0.1, -0.05) is 43.8 Å². The van der Waals surface area contributed by atoms with Gasteiger partial charge < -0.3 is 13.3 Å². The Bertz CT molecular complexity index is 387. The van der Waals surface area contributed by atoms with Crippen molar-refractivity contribution in [2.75, 3.05) is 13.2 Å². The highest BCUT2D eigenvalue weighted by atomic mass is 28.4. The van der Waals surface area contributed by atoms with E-state index in [1.807, 2.05) is 44.2 Å². The molecule has 0 bridgehead atoms. The maximum Gasteiger partial charge on any atom is 0.500 e. The van der Waals surface area contributed by atoms with Crippen molar-refractivity contribution in [2.24, 2.45) is 0 Å². The van der Waals surface area contributed by atoms with E-state index in [9.17, 15) is 0 Å². The van der Waals surface area contributed by atoms with Crippen molar-refractivity contribution < 1.29 is 13.3 Å². The minimum Gasteiger partial charge on any atom is -0.374 e. The molecule has 1 aromatic carbocycles. The van der Waals surface area contributed by atoms with Crippen molar-refractivity contribution in [2.45, 2.75) is 33.4 Å². The van der Waals surface area contributed by atoms with Crippen molar-refractivity contribution in [1.82, 2.24) is 0 Å². The van der Waals surface area contributed by atoms with Crippen molar-refractivity contribution in [3.8, 4) is 0 Å². The highest BCUT2D eigenvalue weighted by Gasteiger charge is 2.38. The smallest absolute Gasteiger partial charge is 0.374 e. The van der Waals surface area contributed by atoms with Crippen molar-refractivity contribution in [3.63, 3.8) is 0 Å². The summed E-state index contributed by atoms with van der Waals surface area (Å²) < 4.78 is 17.6. The topological polar surface area (TPSA) is 27.7 Å². The van der Waals surface area contributed by atoms with Crippen LogP contribution in [0.3, 0.4) is 0 Å². The van der Waals surface area contributed by atoms with Gasteiger partial charge in [-0.25, -0.2) is 0 Å². The molecule has 0 aliphatic rings. The molecule has 0 radical (unpaired) electrons. The minimum absolute atomic E-state index is 0.502. The molecule has 106 valence electrons. The van der Waals surface area contributed by atoms with Gasteiger partial charge in [0.15, 0.2) is 0 Å². The zero-order valence-electron chi connectivity index (χ0n) is 12.1. The average molecular weight is 280 g/mol. The van der Waals surface area contributed by atoms with E-state index in [1.165, 1.54) is 0 Å². The second kappa shape index (κ2) is 8.27. The molecule has 0 aliphatic heterocycles. The predicted molar refractivity (Wildman–Crippen MR) is 80.8 cm³/mol. The fourth-order valence-corrected chi connectivity index (χ4v) is 4.04. The third kappa shape index (κ3) is 4.58. The molecule has 0 amide bonds. The molecule has 0 aromatic heterocycles. The molecular weight excluding hydrogens is 256 g/mol. The van der Waals surface area contributed by atoms with E-state index in [0.717, 1.165) is 17.2 Å². The lowest BCUT2D eigenvalue weighted by Crippen LogP contribution is -2.45. The molecule has 0 spiro atoms. The van der Waals surface area contributed by atoms with Gasteiger partial charge in [-0.05, 0) is 25.0 Å². The lowest BCUT2D eigenvalue weighted by molar-refractivity contribution is 0.0624. The zero-order valence-corrected chi connectivity index (χ0v) is 13.1. The van der Waals surface area contributed by atoms with E-state index in [4.69, 9.17) is 13.3 Å². The fraction of sp³-hybridized carbons (Fsp3) is 0.467. The van der Waals surface area contributed by atoms with Crippen LogP contribution in [0.2, 0.25) is 6.04 Å². The molecule has 0 aliphatic carbocycles. The van der Waals surface area contributed by atoms with Crippen molar-refractivity contribution >= 4 is 14.9 Å². The maximum atomic E-state index is 6.03. The summed E-state index contributed by atoms with van der Waals surface area (Å²) in [6.07, 6.45) is 1.84. The summed E-state index contributed by atoms with van der Waals surface area (Å²) in [6.45, 7) is 11.5. The highest BCUT2D eigenvalue weighted by molar-refractivity contribution is 6.60. The Labute approximate surface area is 117 Å². The quantitative estimate of drug-likeness (QED) is 0.643. The second-order valence-electron chi connectivity index (χ2n) is 4.09. The van der Waals surface area contributed by atoms with Crippen LogP contribution in [0.5, 0.6) is 0 Å². The predicted octanol–water partition coefficient (Wildman–Crippen LogP) is 3.88. The highest BCUT2D eigenvalue weighted by Crippen LogP contribution is 2.19. The number of benzene rings is 1. The third-order valence-corrected chi connectivity index (χ3v) is 5.79. The van der Waals surface area contributed by atoms with Gasteiger partial charge in [0.05, 0.1) is 6.61 Å². The molecule has 0 N–H and O–H groups in total. The third-order valence-electron chi connectivity index (χ3n) is 2.88. The van der Waals surface area contributed by atoms with Crippen LogP contribution < -0.4 is 0 Å². The Morgan fingerprint density at radius 1 is 1.05 bits per heavy atom. The molecule has 4 heteroatoms. The second-order valence-corrected chi connectivity index (χ2v) is 7.03. The van der Waals surface area contributed by atoms with Crippen molar-refractivity contribution in [3.05, 3.63) is 42.0 Å². The molecular formula is C15H24O3Si. The summed E-state index contributed by atoms with van der Waals surface area (Å²) in [5, 5.41) is 0. The fourth-order valence-electron chi connectivity index (χ4n) is 1.92. The first-order valence-corrected chi connectivity index (χ1v) is 8.76. The first-order valence-electron chi connectivity index (χ1n) is 6.83. The molecule has 3 nitrogen and oxygen atoms in total. The molecule has 0 atom stereocenters. The lowest BCUT2D eigenvalue weighted by atomic mass is 10.1. The lowest BCUT2D eigenvalue weighted by Gasteiger charge is -2.28. The Balaban J connectivity index is 2.77. The summed E-state index contributed by atoms with van der Waals surface area (Å²) in [4.78, 5) is 0. The van der Waals surface area contributed by atoms with Gasteiger partial charge >= 0.3 is 8.80 Å². The molecule has 0 saturated heterocycles. The van der Waals surface area contributed by atoms with E-state index in [0.29, 0.717) is 19.8 Å². The number of rotatable bonds is 9. The minimum atomic E-state index is -2.52. The SMILES string of the molecule is C=Cc1ccccc1CO[Si](CC)(OCC)OCC. The Morgan fingerprint density at radius 3 is 2.21 bits per heavy atom. The first-order chi connectivity index (χ1) is 9.21. The normalized spacial score (nSPS) is 11.5. The van der Waals surface area contributed by atoms with Gasteiger partial charge in [0.25, 0.3) is 0 Å². The van der Waals surface area contributed by atoms with E-state index < -0.39 is 8.80 Å².